The van der Waals surface area contributed by atoms with Gasteiger partial charge in [-0.1, -0.05) is 24.3 Å². The number of halogens is 1. The Morgan fingerprint density at radius 2 is 1.97 bits per heavy atom. The van der Waals surface area contributed by atoms with Gasteiger partial charge in [-0.2, -0.15) is 0 Å². The van der Waals surface area contributed by atoms with Crippen molar-refractivity contribution in [1.29, 1.82) is 0 Å². The normalized spacial score (nSPS) is 10.9. The highest BCUT2D eigenvalue weighted by Gasteiger charge is 2.13. The molecule has 4 aromatic rings. The van der Waals surface area contributed by atoms with Crippen molar-refractivity contribution in [2.24, 2.45) is 0 Å². The zero-order valence-corrected chi connectivity index (χ0v) is 16.8. The second-order valence-electron chi connectivity index (χ2n) is 6.85. The molecule has 2 aromatic heterocycles. The van der Waals surface area contributed by atoms with Crippen molar-refractivity contribution in [3.63, 3.8) is 0 Å². The van der Waals surface area contributed by atoms with Crippen LogP contribution in [0.15, 0.2) is 65.7 Å². The molecule has 2 heterocycles. The average Bonchev–Trinajstić information content (AvgIpc) is 3.20. The Morgan fingerprint density at radius 3 is 2.77 bits per heavy atom. The lowest BCUT2D eigenvalue weighted by Crippen LogP contribution is -2.24. The quantitative estimate of drug-likeness (QED) is 0.494. The predicted octanol–water partition coefficient (Wildman–Crippen LogP) is 2.28. The minimum Gasteiger partial charge on any atom is -0.496 e. The average molecular weight is 421 g/mol. The van der Waals surface area contributed by atoms with E-state index in [1.54, 1.807) is 23.8 Å². The van der Waals surface area contributed by atoms with Crippen molar-refractivity contribution < 1.29 is 13.9 Å². The number of methoxy groups -OCH3 is 1. The van der Waals surface area contributed by atoms with Crippen LogP contribution in [0.4, 0.5) is 4.39 Å². The first-order valence-corrected chi connectivity index (χ1v) is 9.66. The van der Waals surface area contributed by atoms with E-state index in [0.29, 0.717) is 30.2 Å². The maximum Gasteiger partial charge on any atom is 0.300 e. The van der Waals surface area contributed by atoms with E-state index in [2.05, 4.69) is 15.5 Å². The van der Waals surface area contributed by atoms with Gasteiger partial charge < -0.3 is 10.1 Å². The Hall–Kier alpha value is -4.01. The van der Waals surface area contributed by atoms with E-state index >= 15 is 0 Å². The third-order valence-corrected chi connectivity index (χ3v) is 4.87. The Kier molecular flexibility index (Phi) is 5.74. The molecule has 0 atom stereocenters. The number of ether oxygens (including phenoxy) is 1. The van der Waals surface area contributed by atoms with Crippen molar-refractivity contribution >= 4 is 11.6 Å². The third kappa shape index (κ3) is 4.30. The van der Waals surface area contributed by atoms with Crippen LogP contribution in [0.5, 0.6) is 5.75 Å². The zero-order valence-electron chi connectivity index (χ0n) is 16.8. The zero-order chi connectivity index (χ0) is 21.8. The van der Waals surface area contributed by atoms with Crippen LogP contribution in [0.25, 0.3) is 11.3 Å². The van der Waals surface area contributed by atoms with Crippen molar-refractivity contribution in [3.8, 4) is 11.4 Å². The van der Waals surface area contributed by atoms with E-state index in [-0.39, 0.29) is 18.0 Å². The number of fused-ring (bicyclic) bond motifs is 1. The Labute approximate surface area is 176 Å². The van der Waals surface area contributed by atoms with E-state index in [1.807, 2.05) is 24.3 Å². The molecule has 1 N–H and O–H groups in total. The summed E-state index contributed by atoms with van der Waals surface area (Å²) in [5.41, 5.74) is 0.959. The maximum atomic E-state index is 13.5. The molecule has 0 fully saturated rings. The molecule has 0 unspecified atom stereocenters. The summed E-state index contributed by atoms with van der Waals surface area (Å²) in [4.78, 5) is 25.0. The molecule has 158 valence electrons. The summed E-state index contributed by atoms with van der Waals surface area (Å²) < 4.78 is 21.6. The number of amides is 1. The van der Waals surface area contributed by atoms with Crippen LogP contribution in [-0.4, -0.2) is 32.2 Å². The molecule has 2 aromatic carbocycles. The van der Waals surface area contributed by atoms with Crippen molar-refractivity contribution in [2.45, 2.75) is 19.4 Å². The highest BCUT2D eigenvalue weighted by molar-refractivity contribution is 5.76. The fraction of sp³-hybridized carbons (Fsp3) is 0.182. The lowest BCUT2D eigenvalue weighted by atomic mass is 10.2. The fourth-order valence-corrected chi connectivity index (χ4v) is 3.29. The van der Waals surface area contributed by atoms with E-state index in [0.717, 1.165) is 5.56 Å². The second-order valence-corrected chi connectivity index (χ2v) is 6.85. The Bertz CT molecular complexity index is 1300. The van der Waals surface area contributed by atoms with Crippen LogP contribution in [0.3, 0.4) is 0 Å². The number of aryl methyl sites for hydroxylation is 1. The van der Waals surface area contributed by atoms with E-state index in [1.165, 1.54) is 29.0 Å². The lowest BCUT2D eigenvalue weighted by Gasteiger charge is -2.09. The number of carbonyl (C=O) groups excluding carboxylic acids is 1. The fourth-order valence-electron chi connectivity index (χ4n) is 3.29. The van der Waals surface area contributed by atoms with Gasteiger partial charge in [0.1, 0.15) is 17.4 Å². The van der Waals surface area contributed by atoms with Gasteiger partial charge in [0.05, 0.1) is 12.8 Å². The van der Waals surface area contributed by atoms with Crippen molar-refractivity contribution in [3.05, 3.63) is 88.5 Å². The number of nitrogens with zero attached hydrogens (tertiary/aromatic N) is 4. The van der Waals surface area contributed by atoms with Crippen molar-refractivity contribution in [2.75, 3.05) is 7.11 Å². The molecule has 0 radical (unpaired) electrons. The molecule has 0 aliphatic carbocycles. The first-order chi connectivity index (χ1) is 15.1. The van der Waals surface area contributed by atoms with Crippen molar-refractivity contribution in [1.82, 2.24) is 24.5 Å². The van der Waals surface area contributed by atoms with Crippen LogP contribution < -0.4 is 15.6 Å². The molecule has 0 aliphatic rings. The molecule has 0 saturated carbocycles. The van der Waals surface area contributed by atoms with Crippen LogP contribution in [0, 0.1) is 5.82 Å². The molecule has 0 aliphatic heterocycles. The summed E-state index contributed by atoms with van der Waals surface area (Å²) in [5.74, 6) is 0.605. The highest BCUT2D eigenvalue weighted by atomic mass is 19.1. The molecule has 0 bridgehead atoms. The predicted molar refractivity (Wildman–Crippen MR) is 112 cm³/mol. The summed E-state index contributed by atoms with van der Waals surface area (Å²) in [5, 5.41) is 10.9. The first kappa shape index (κ1) is 20.3. The smallest absolute Gasteiger partial charge is 0.300 e. The number of aromatic nitrogens is 4. The van der Waals surface area contributed by atoms with Crippen LogP contribution in [-0.2, 0) is 17.8 Å². The van der Waals surface area contributed by atoms with Gasteiger partial charge in [-0.25, -0.2) is 4.39 Å². The summed E-state index contributed by atoms with van der Waals surface area (Å²) in [6.45, 7) is 0.349. The Balaban J connectivity index is 1.45. The third-order valence-electron chi connectivity index (χ3n) is 4.87. The lowest BCUT2D eigenvalue weighted by molar-refractivity contribution is -0.121. The van der Waals surface area contributed by atoms with Gasteiger partial charge in [0.15, 0.2) is 0 Å². The molecule has 1 amide bonds. The molecule has 31 heavy (non-hydrogen) atoms. The minimum absolute atomic E-state index is 0.108. The van der Waals surface area contributed by atoms with E-state index < -0.39 is 11.4 Å². The second kappa shape index (κ2) is 8.78. The number of benzene rings is 2. The molecular weight excluding hydrogens is 401 g/mol. The summed E-state index contributed by atoms with van der Waals surface area (Å²) >= 11 is 0. The standard InChI is InChI=1S/C22H20FN5O3/c1-31-18-8-3-2-5-15(18)14-24-20(29)10-9-19-25-26-21-22(30)27(11-12-28(19)21)17-7-4-6-16(23)13-17/h2-8,11-13H,9-10,14H2,1H3,(H,24,29). The maximum absolute atomic E-state index is 13.5. The summed E-state index contributed by atoms with van der Waals surface area (Å²) in [6.07, 6.45) is 3.65. The number of hydrogen-bond acceptors (Lipinski definition) is 5. The topological polar surface area (TPSA) is 90.5 Å². The number of rotatable bonds is 7. The van der Waals surface area contributed by atoms with Crippen LogP contribution in [0.1, 0.15) is 17.8 Å². The molecule has 0 spiro atoms. The van der Waals surface area contributed by atoms with Gasteiger partial charge in [-0.15, -0.1) is 10.2 Å². The van der Waals surface area contributed by atoms with Gasteiger partial charge in [-0.05, 0) is 24.3 Å². The highest BCUT2D eigenvalue weighted by Crippen LogP contribution is 2.16. The summed E-state index contributed by atoms with van der Waals surface area (Å²) in [7, 11) is 1.58. The molecule has 8 nitrogen and oxygen atoms in total. The SMILES string of the molecule is COc1ccccc1CNC(=O)CCc1nnc2c(=O)n(-c3cccc(F)c3)ccn12. The number of nitrogens with one attached hydrogen (secondary N) is 1. The van der Waals surface area contributed by atoms with Gasteiger partial charge in [0.25, 0.3) is 0 Å². The largest absolute Gasteiger partial charge is 0.496 e. The monoisotopic (exact) mass is 421 g/mol. The molecule has 9 heteroatoms. The molecule has 0 saturated heterocycles. The van der Waals surface area contributed by atoms with Gasteiger partial charge in [0.2, 0.25) is 11.6 Å². The number of carbonyl (C=O) groups is 1. The van der Waals surface area contributed by atoms with E-state index in [4.69, 9.17) is 4.74 Å². The van der Waals surface area contributed by atoms with Crippen LogP contribution >= 0.6 is 0 Å². The van der Waals surface area contributed by atoms with E-state index in [9.17, 15) is 14.0 Å². The Morgan fingerprint density at radius 1 is 1.13 bits per heavy atom. The van der Waals surface area contributed by atoms with Crippen LogP contribution in [0.2, 0.25) is 0 Å². The first-order valence-electron chi connectivity index (χ1n) is 9.66. The molecular formula is C22H20FN5O3. The minimum atomic E-state index is -0.439. The molecule has 4 rings (SSSR count). The number of para-hydroxylation sites is 1. The number of hydrogen-bond donors (Lipinski definition) is 1. The van der Waals surface area contributed by atoms with Gasteiger partial charge in [0, 0.05) is 37.3 Å². The van der Waals surface area contributed by atoms with Gasteiger partial charge in [-0.3, -0.25) is 18.6 Å². The summed E-state index contributed by atoms with van der Waals surface area (Å²) in [6, 6.07) is 13.2. The van der Waals surface area contributed by atoms with Gasteiger partial charge >= 0.3 is 5.56 Å².